The van der Waals surface area contributed by atoms with Gasteiger partial charge in [-0.2, -0.15) is 0 Å². The molecule has 0 saturated carbocycles. The number of rotatable bonds is 6. The van der Waals surface area contributed by atoms with E-state index in [0.29, 0.717) is 13.2 Å². The minimum Gasteiger partial charge on any atom is -0.489 e. The smallest absolute Gasteiger partial charge is 0.219 e. The first-order chi connectivity index (χ1) is 14.2. The second-order valence-corrected chi connectivity index (χ2v) is 7.08. The van der Waals surface area contributed by atoms with Gasteiger partial charge in [-0.1, -0.05) is 42.5 Å². The van der Waals surface area contributed by atoms with Gasteiger partial charge in [0.1, 0.15) is 12.4 Å². The Morgan fingerprint density at radius 3 is 2.21 bits per heavy atom. The molecule has 0 aromatic heterocycles. The van der Waals surface area contributed by atoms with Gasteiger partial charge in [0, 0.05) is 39.6 Å². The van der Waals surface area contributed by atoms with Crippen molar-refractivity contribution in [2.24, 2.45) is 4.99 Å². The highest BCUT2D eigenvalue weighted by Gasteiger charge is 2.20. The van der Waals surface area contributed by atoms with Crippen LogP contribution in [0.25, 0.3) is 0 Å². The van der Waals surface area contributed by atoms with Gasteiger partial charge in [-0.15, -0.1) is 0 Å². The first-order valence-electron chi connectivity index (χ1n) is 10.2. The third kappa shape index (κ3) is 6.24. The van der Waals surface area contributed by atoms with E-state index in [1.165, 1.54) is 0 Å². The van der Waals surface area contributed by atoms with Gasteiger partial charge in [-0.05, 0) is 30.2 Å². The van der Waals surface area contributed by atoms with Crippen LogP contribution < -0.4 is 10.1 Å². The Morgan fingerprint density at radius 1 is 0.966 bits per heavy atom. The molecule has 1 aliphatic rings. The van der Waals surface area contributed by atoms with E-state index in [4.69, 9.17) is 9.73 Å². The molecule has 0 unspecified atom stereocenters. The van der Waals surface area contributed by atoms with E-state index in [0.717, 1.165) is 55.6 Å². The number of carbonyl (C=O) groups excluding carboxylic acids is 1. The lowest BCUT2D eigenvalue weighted by Gasteiger charge is -2.36. The van der Waals surface area contributed by atoms with Crippen LogP contribution in [0.2, 0.25) is 0 Å². The molecule has 1 saturated heterocycles. The van der Waals surface area contributed by atoms with Crippen molar-refractivity contribution in [2.75, 3.05) is 32.7 Å². The number of piperazine rings is 1. The Labute approximate surface area is 173 Å². The highest BCUT2D eigenvalue weighted by Crippen LogP contribution is 2.13. The number of para-hydroxylation sites is 1. The third-order valence-electron chi connectivity index (χ3n) is 4.94. The number of hydrogen-bond donors (Lipinski definition) is 1. The maximum Gasteiger partial charge on any atom is 0.219 e. The second kappa shape index (κ2) is 10.5. The monoisotopic (exact) mass is 394 g/mol. The van der Waals surface area contributed by atoms with Crippen LogP contribution in [0.15, 0.2) is 59.6 Å². The number of guanidine groups is 1. The predicted molar refractivity (Wildman–Crippen MR) is 116 cm³/mol. The average Bonchev–Trinajstić information content (AvgIpc) is 2.77. The van der Waals surface area contributed by atoms with Gasteiger partial charge < -0.3 is 19.9 Å². The van der Waals surface area contributed by atoms with E-state index in [1.807, 2.05) is 35.2 Å². The standard InChI is InChI=1S/C23H30N4O2/c1-3-24-23(27-15-13-26(14-16-27)19(2)28)25-17-20-9-11-21(12-10-20)18-29-22-7-5-4-6-8-22/h4-12H,3,13-18H2,1-2H3,(H,24,25). The molecule has 0 spiro atoms. The molecular weight excluding hydrogens is 364 g/mol. The Hall–Kier alpha value is -3.02. The summed E-state index contributed by atoms with van der Waals surface area (Å²) < 4.78 is 5.79. The van der Waals surface area contributed by atoms with E-state index in [1.54, 1.807) is 6.92 Å². The zero-order chi connectivity index (χ0) is 20.5. The zero-order valence-corrected chi connectivity index (χ0v) is 17.3. The van der Waals surface area contributed by atoms with Crippen LogP contribution in [-0.2, 0) is 17.9 Å². The summed E-state index contributed by atoms with van der Waals surface area (Å²) >= 11 is 0. The molecule has 1 amide bonds. The van der Waals surface area contributed by atoms with Gasteiger partial charge in [-0.3, -0.25) is 4.79 Å². The predicted octanol–water partition coefficient (Wildman–Crippen LogP) is 2.90. The molecule has 3 rings (SSSR count). The minimum absolute atomic E-state index is 0.142. The fraction of sp³-hybridized carbons (Fsp3) is 0.391. The maximum absolute atomic E-state index is 11.5. The lowest BCUT2D eigenvalue weighted by atomic mass is 10.1. The molecule has 1 aliphatic heterocycles. The molecule has 1 N–H and O–H groups in total. The molecule has 6 nitrogen and oxygen atoms in total. The number of benzene rings is 2. The number of aliphatic imine (C=N–C) groups is 1. The second-order valence-electron chi connectivity index (χ2n) is 7.08. The third-order valence-corrected chi connectivity index (χ3v) is 4.94. The molecule has 1 heterocycles. The molecule has 154 valence electrons. The van der Waals surface area contributed by atoms with Crippen LogP contribution >= 0.6 is 0 Å². The van der Waals surface area contributed by atoms with E-state index in [2.05, 4.69) is 41.4 Å². The fourth-order valence-electron chi connectivity index (χ4n) is 3.25. The van der Waals surface area contributed by atoms with E-state index < -0.39 is 0 Å². The number of nitrogens with zero attached hydrogens (tertiary/aromatic N) is 3. The van der Waals surface area contributed by atoms with Gasteiger partial charge in [0.05, 0.1) is 6.54 Å². The summed E-state index contributed by atoms with van der Waals surface area (Å²) in [6.07, 6.45) is 0. The number of nitrogens with one attached hydrogen (secondary N) is 1. The topological polar surface area (TPSA) is 57.2 Å². The van der Waals surface area contributed by atoms with Crippen LogP contribution in [-0.4, -0.2) is 54.4 Å². The number of carbonyl (C=O) groups is 1. The Morgan fingerprint density at radius 2 is 1.59 bits per heavy atom. The minimum atomic E-state index is 0.142. The summed E-state index contributed by atoms with van der Waals surface area (Å²) in [7, 11) is 0. The summed E-state index contributed by atoms with van der Waals surface area (Å²) in [5, 5.41) is 3.37. The summed E-state index contributed by atoms with van der Waals surface area (Å²) in [5.74, 6) is 1.93. The van der Waals surface area contributed by atoms with Crippen molar-refractivity contribution in [3.63, 3.8) is 0 Å². The first kappa shape index (κ1) is 20.7. The van der Waals surface area contributed by atoms with E-state index >= 15 is 0 Å². The largest absolute Gasteiger partial charge is 0.489 e. The lowest BCUT2D eigenvalue weighted by Crippen LogP contribution is -2.53. The van der Waals surface area contributed by atoms with Crippen LogP contribution in [0.3, 0.4) is 0 Å². The van der Waals surface area contributed by atoms with E-state index in [9.17, 15) is 4.79 Å². The van der Waals surface area contributed by atoms with Gasteiger partial charge in [-0.25, -0.2) is 4.99 Å². The summed E-state index contributed by atoms with van der Waals surface area (Å²) in [5.41, 5.74) is 2.29. The Bertz CT molecular complexity index is 797. The Balaban J connectivity index is 1.54. The van der Waals surface area contributed by atoms with Crippen LogP contribution in [0.5, 0.6) is 5.75 Å². The summed E-state index contributed by atoms with van der Waals surface area (Å²) in [4.78, 5) is 20.4. The number of hydrogen-bond acceptors (Lipinski definition) is 3. The molecule has 0 radical (unpaired) electrons. The van der Waals surface area contributed by atoms with Crippen molar-refractivity contribution in [2.45, 2.75) is 27.0 Å². The van der Waals surface area contributed by atoms with Crippen molar-refractivity contribution >= 4 is 11.9 Å². The first-order valence-corrected chi connectivity index (χ1v) is 10.2. The highest BCUT2D eigenvalue weighted by atomic mass is 16.5. The fourth-order valence-corrected chi connectivity index (χ4v) is 3.25. The summed E-state index contributed by atoms with van der Waals surface area (Å²) in [6, 6.07) is 18.2. The SMILES string of the molecule is CCNC(=NCc1ccc(COc2ccccc2)cc1)N1CCN(C(C)=O)CC1. The normalized spacial score (nSPS) is 14.6. The lowest BCUT2D eigenvalue weighted by molar-refractivity contribution is -0.130. The number of amides is 1. The molecule has 2 aromatic rings. The van der Waals surface area contributed by atoms with Crippen molar-refractivity contribution < 1.29 is 9.53 Å². The van der Waals surface area contributed by atoms with Crippen molar-refractivity contribution in [3.05, 3.63) is 65.7 Å². The molecule has 6 heteroatoms. The van der Waals surface area contributed by atoms with Crippen molar-refractivity contribution in [3.8, 4) is 5.75 Å². The van der Waals surface area contributed by atoms with Gasteiger partial charge in [0.2, 0.25) is 5.91 Å². The number of ether oxygens (including phenoxy) is 1. The summed E-state index contributed by atoms with van der Waals surface area (Å²) in [6.45, 7) is 8.80. The van der Waals surface area contributed by atoms with Crippen LogP contribution in [0, 0.1) is 0 Å². The van der Waals surface area contributed by atoms with Gasteiger partial charge in [0.25, 0.3) is 0 Å². The molecular formula is C23H30N4O2. The molecule has 2 aromatic carbocycles. The molecule has 1 fully saturated rings. The average molecular weight is 395 g/mol. The van der Waals surface area contributed by atoms with Crippen LogP contribution in [0.1, 0.15) is 25.0 Å². The quantitative estimate of drug-likeness (QED) is 0.605. The molecule has 0 bridgehead atoms. The molecule has 0 atom stereocenters. The van der Waals surface area contributed by atoms with Gasteiger partial charge in [0.15, 0.2) is 5.96 Å². The van der Waals surface area contributed by atoms with Gasteiger partial charge >= 0.3 is 0 Å². The molecule has 29 heavy (non-hydrogen) atoms. The van der Waals surface area contributed by atoms with Crippen LogP contribution in [0.4, 0.5) is 0 Å². The maximum atomic E-state index is 11.5. The molecule has 0 aliphatic carbocycles. The zero-order valence-electron chi connectivity index (χ0n) is 17.3. The van der Waals surface area contributed by atoms with Crippen molar-refractivity contribution in [1.82, 2.24) is 15.1 Å². The highest BCUT2D eigenvalue weighted by molar-refractivity contribution is 5.80. The Kier molecular flexibility index (Phi) is 7.50. The van der Waals surface area contributed by atoms with E-state index in [-0.39, 0.29) is 5.91 Å². The van der Waals surface area contributed by atoms with Crippen molar-refractivity contribution in [1.29, 1.82) is 0 Å².